The molecule has 140 valence electrons. The minimum Gasteiger partial charge on any atom is -0.460 e. The first kappa shape index (κ1) is 17.1. The lowest BCUT2D eigenvalue weighted by Gasteiger charge is -2.06. The maximum atomic E-state index is 5.90. The Kier molecular flexibility index (Phi) is 4.20. The van der Waals surface area contributed by atoms with E-state index in [-0.39, 0.29) is 0 Å². The molecule has 0 amide bonds. The molecule has 0 aliphatic heterocycles. The molecule has 1 N–H and O–H groups in total. The molecular weight excluding hydrogens is 368 g/mol. The second-order valence-electron chi connectivity index (χ2n) is 7.38. The van der Waals surface area contributed by atoms with Crippen LogP contribution in [0.25, 0.3) is 10.8 Å². The highest BCUT2D eigenvalue weighted by molar-refractivity contribution is 7.71. The summed E-state index contributed by atoms with van der Waals surface area (Å²) in [7, 11) is 0. The van der Waals surface area contributed by atoms with Gasteiger partial charge in [0.1, 0.15) is 11.5 Å². The van der Waals surface area contributed by atoms with Crippen molar-refractivity contribution in [1.29, 1.82) is 0 Å². The fourth-order valence-electron chi connectivity index (χ4n) is 3.65. The number of aromatic nitrogens is 3. The summed E-state index contributed by atoms with van der Waals surface area (Å²) in [6, 6.07) is 18.6. The van der Waals surface area contributed by atoms with E-state index < -0.39 is 0 Å². The predicted octanol–water partition coefficient (Wildman–Crippen LogP) is 5.28. The van der Waals surface area contributed by atoms with Crippen LogP contribution >= 0.6 is 12.2 Å². The van der Waals surface area contributed by atoms with Gasteiger partial charge in [0.2, 0.25) is 4.77 Å². The van der Waals surface area contributed by atoms with E-state index in [1.807, 2.05) is 18.2 Å². The molecule has 5 nitrogen and oxygen atoms in total. The number of furan rings is 1. The monoisotopic (exact) mass is 388 g/mol. The van der Waals surface area contributed by atoms with Gasteiger partial charge in [0.15, 0.2) is 5.82 Å². The van der Waals surface area contributed by atoms with Gasteiger partial charge in [-0.25, -0.2) is 0 Å². The molecule has 1 aliphatic carbocycles. The molecule has 1 aliphatic rings. The van der Waals surface area contributed by atoms with E-state index in [1.54, 1.807) is 10.9 Å². The second kappa shape index (κ2) is 6.87. The summed E-state index contributed by atoms with van der Waals surface area (Å²) in [5.41, 5.74) is 1.19. The van der Waals surface area contributed by atoms with Crippen molar-refractivity contribution in [2.75, 3.05) is 0 Å². The van der Waals surface area contributed by atoms with Crippen molar-refractivity contribution in [2.45, 2.75) is 25.7 Å². The van der Waals surface area contributed by atoms with Gasteiger partial charge in [0, 0.05) is 12.3 Å². The third-order valence-electron chi connectivity index (χ3n) is 5.37. The van der Waals surface area contributed by atoms with E-state index in [1.165, 1.54) is 22.8 Å². The second-order valence-corrected chi connectivity index (χ2v) is 7.76. The van der Waals surface area contributed by atoms with Crippen molar-refractivity contribution in [1.82, 2.24) is 14.9 Å². The van der Waals surface area contributed by atoms with Crippen LogP contribution in [0.5, 0.6) is 0 Å². The molecule has 0 bridgehead atoms. The molecule has 2 heterocycles. The molecule has 0 spiro atoms. The lowest BCUT2D eigenvalue weighted by atomic mass is 10.0. The number of hydrogen-bond acceptors (Lipinski definition) is 4. The smallest absolute Gasteiger partial charge is 0.216 e. The number of nitrogens with zero attached hydrogens (tertiary/aromatic N) is 3. The Labute approximate surface area is 167 Å². The van der Waals surface area contributed by atoms with Crippen LogP contribution in [0.15, 0.2) is 64.1 Å². The quantitative estimate of drug-likeness (QED) is 0.374. The number of hydrogen-bond donors (Lipinski definition) is 1. The average molecular weight is 388 g/mol. The van der Waals surface area contributed by atoms with E-state index in [2.05, 4.69) is 58.6 Å². The number of aromatic amines is 1. The maximum Gasteiger partial charge on any atom is 0.216 e. The van der Waals surface area contributed by atoms with Gasteiger partial charge in [0.05, 0.1) is 6.21 Å². The van der Waals surface area contributed by atoms with Crippen LogP contribution in [-0.4, -0.2) is 21.1 Å². The molecule has 0 radical (unpaired) electrons. The van der Waals surface area contributed by atoms with Gasteiger partial charge in [-0.05, 0) is 53.0 Å². The fourth-order valence-corrected chi connectivity index (χ4v) is 3.84. The zero-order chi connectivity index (χ0) is 19.1. The van der Waals surface area contributed by atoms with E-state index in [4.69, 9.17) is 16.6 Å². The summed E-state index contributed by atoms with van der Waals surface area (Å²) in [5.74, 6) is 3.81. The molecule has 6 heteroatoms. The van der Waals surface area contributed by atoms with E-state index in [9.17, 15) is 0 Å². The van der Waals surface area contributed by atoms with Crippen molar-refractivity contribution in [2.24, 2.45) is 11.0 Å². The van der Waals surface area contributed by atoms with Gasteiger partial charge in [0.25, 0.3) is 0 Å². The van der Waals surface area contributed by atoms with Gasteiger partial charge in [-0.1, -0.05) is 49.4 Å². The fraction of sp³-hybridized carbons (Fsp3) is 0.227. The van der Waals surface area contributed by atoms with Gasteiger partial charge in [-0.15, -0.1) is 0 Å². The zero-order valence-corrected chi connectivity index (χ0v) is 16.3. The molecule has 2 aromatic carbocycles. The summed E-state index contributed by atoms with van der Waals surface area (Å²) >= 11 is 5.37. The van der Waals surface area contributed by atoms with Crippen LogP contribution in [0, 0.1) is 10.7 Å². The lowest BCUT2D eigenvalue weighted by molar-refractivity contribution is 0.500. The molecule has 0 unspecified atom stereocenters. The van der Waals surface area contributed by atoms with Gasteiger partial charge >= 0.3 is 0 Å². The van der Waals surface area contributed by atoms with Crippen LogP contribution in [-0.2, 0) is 6.42 Å². The minimum atomic E-state index is 0.467. The van der Waals surface area contributed by atoms with Crippen LogP contribution in [0.4, 0.5) is 0 Å². The van der Waals surface area contributed by atoms with Gasteiger partial charge in [-0.3, -0.25) is 5.10 Å². The van der Waals surface area contributed by atoms with Crippen molar-refractivity contribution in [3.05, 3.63) is 82.3 Å². The molecule has 5 rings (SSSR count). The molecule has 0 saturated heterocycles. The Morgan fingerprint density at radius 1 is 1.21 bits per heavy atom. The topological polar surface area (TPSA) is 59.1 Å². The standard InChI is InChI=1S/C22H20N4OS/c1-14-11-19(14)20-10-9-17(27-20)13-23-26-21(24-25-22(26)28)12-16-7-4-6-15-5-2-3-8-18(15)16/h2-10,13-14,19H,11-12H2,1H3,(H,25,28)/b23-13-/t14-,19+/m1/s1. The van der Waals surface area contributed by atoms with Crippen molar-refractivity contribution in [3.63, 3.8) is 0 Å². The summed E-state index contributed by atoms with van der Waals surface area (Å²) in [6.45, 7) is 2.24. The maximum absolute atomic E-state index is 5.90. The zero-order valence-electron chi connectivity index (χ0n) is 15.5. The van der Waals surface area contributed by atoms with Gasteiger partial charge < -0.3 is 4.42 Å². The molecule has 2 aromatic heterocycles. The van der Waals surface area contributed by atoms with E-state index in [0.717, 1.165) is 17.3 Å². The summed E-state index contributed by atoms with van der Waals surface area (Å²) < 4.78 is 8.04. The number of H-pyrrole nitrogens is 1. The highest BCUT2D eigenvalue weighted by Gasteiger charge is 2.36. The minimum absolute atomic E-state index is 0.467. The molecule has 28 heavy (non-hydrogen) atoms. The van der Waals surface area contributed by atoms with E-state index in [0.29, 0.717) is 23.0 Å². The Morgan fingerprint density at radius 3 is 2.89 bits per heavy atom. The van der Waals surface area contributed by atoms with Crippen LogP contribution in [0.1, 0.15) is 42.2 Å². The molecule has 1 saturated carbocycles. The van der Waals surface area contributed by atoms with E-state index >= 15 is 0 Å². The third-order valence-corrected chi connectivity index (χ3v) is 5.63. The summed E-state index contributed by atoms with van der Waals surface area (Å²) in [6.07, 6.45) is 3.54. The SMILES string of the molecule is C[C@@H]1C[C@@H]1c1ccc(/C=N\n2c(Cc3cccc4ccccc34)n[nH]c2=S)o1. The summed E-state index contributed by atoms with van der Waals surface area (Å²) in [4.78, 5) is 0. The highest BCUT2D eigenvalue weighted by Crippen LogP contribution is 2.47. The van der Waals surface area contributed by atoms with Gasteiger partial charge in [-0.2, -0.15) is 14.9 Å². The predicted molar refractivity (Wildman–Crippen MR) is 112 cm³/mol. The molecule has 1 fully saturated rings. The number of fused-ring (bicyclic) bond motifs is 1. The van der Waals surface area contributed by atoms with Crippen molar-refractivity contribution >= 4 is 29.2 Å². The lowest BCUT2D eigenvalue weighted by Crippen LogP contribution is -2.01. The highest BCUT2D eigenvalue weighted by atomic mass is 32.1. The first-order chi connectivity index (χ1) is 13.7. The molecule has 2 atom stereocenters. The Hall–Kier alpha value is -2.99. The van der Waals surface area contributed by atoms with Crippen molar-refractivity contribution < 1.29 is 4.42 Å². The van der Waals surface area contributed by atoms with Crippen LogP contribution in [0.2, 0.25) is 0 Å². The van der Waals surface area contributed by atoms with Crippen molar-refractivity contribution in [3.8, 4) is 0 Å². The number of rotatable bonds is 5. The Balaban J connectivity index is 1.43. The Bertz CT molecular complexity index is 1230. The largest absolute Gasteiger partial charge is 0.460 e. The first-order valence-corrected chi connectivity index (χ1v) is 9.87. The third kappa shape index (κ3) is 3.20. The Morgan fingerprint density at radius 2 is 2.04 bits per heavy atom. The van der Waals surface area contributed by atoms with Crippen LogP contribution in [0.3, 0.4) is 0 Å². The molecular formula is C22H20N4OS. The first-order valence-electron chi connectivity index (χ1n) is 9.46. The summed E-state index contributed by atoms with van der Waals surface area (Å²) in [5, 5.41) is 14.2. The number of nitrogens with one attached hydrogen (secondary N) is 1. The average Bonchev–Trinajstić information content (AvgIpc) is 3.10. The normalized spacial score (nSPS) is 18.9. The molecule has 4 aromatic rings. The number of benzene rings is 2. The van der Waals surface area contributed by atoms with Crippen LogP contribution < -0.4 is 0 Å².